The number of hydrogen-bond acceptors (Lipinski definition) is 7. The first kappa shape index (κ1) is 19.4. The molecule has 0 spiro atoms. The summed E-state index contributed by atoms with van der Waals surface area (Å²) in [7, 11) is 2.27. The lowest BCUT2D eigenvalue weighted by atomic mass is 10.1. The molecule has 0 unspecified atom stereocenters. The number of hydrogen-bond donors (Lipinski definition) is 2. The molecule has 0 fully saturated rings. The van der Waals surface area contributed by atoms with Crippen LogP contribution in [-0.4, -0.2) is 48.3 Å². The minimum Gasteiger partial charge on any atom is -0.478 e. The standard InChI is InChI=1S/C18H15NO8/c1-26-17(24)12-5-3-4-8-19(14(12)18(25)27-2)10-6-7-11(15(20)21)13(9-10)16(22)23/h3-9H,1-2H3,(H,20,21)(H,22,23). The van der Waals surface area contributed by atoms with E-state index in [2.05, 4.69) is 4.74 Å². The average molecular weight is 373 g/mol. The number of esters is 2. The Morgan fingerprint density at radius 3 is 2.07 bits per heavy atom. The van der Waals surface area contributed by atoms with Gasteiger partial charge in [0.25, 0.3) is 0 Å². The monoisotopic (exact) mass is 373 g/mol. The molecule has 0 radical (unpaired) electrons. The number of ether oxygens (including phenoxy) is 2. The van der Waals surface area contributed by atoms with Gasteiger partial charge in [0, 0.05) is 11.9 Å². The highest BCUT2D eigenvalue weighted by atomic mass is 16.5. The molecule has 0 aliphatic carbocycles. The minimum atomic E-state index is -1.46. The third-order valence-electron chi connectivity index (χ3n) is 3.63. The van der Waals surface area contributed by atoms with E-state index >= 15 is 0 Å². The lowest BCUT2D eigenvalue weighted by molar-refractivity contribution is -0.139. The molecule has 1 aliphatic heterocycles. The maximum atomic E-state index is 12.3. The van der Waals surface area contributed by atoms with Gasteiger partial charge >= 0.3 is 23.9 Å². The predicted octanol–water partition coefficient (Wildman–Crippen LogP) is 1.57. The second kappa shape index (κ2) is 8.00. The fourth-order valence-corrected chi connectivity index (χ4v) is 2.41. The number of allylic oxidation sites excluding steroid dienone is 2. The second-order valence-corrected chi connectivity index (χ2v) is 5.16. The van der Waals surface area contributed by atoms with Gasteiger partial charge in [-0.1, -0.05) is 6.08 Å². The van der Waals surface area contributed by atoms with Crippen molar-refractivity contribution in [3.63, 3.8) is 0 Å². The maximum absolute atomic E-state index is 12.3. The quantitative estimate of drug-likeness (QED) is 0.738. The Kier molecular flexibility index (Phi) is 5.76. The summed E-state index contributed by atoms with van der Waals surface area (Å²) >= 11 is 0. The summed E-state index contributed by atoms with van der Waals surface area (Å²) in [5.41, 5.74) is -1.09. The summed E-state index contributed by atoms with van der Waals surface area (Å²) in [6, 6.07) is 3.49. The fraction of sp³-hybridized carbons (Fsp3) is 0.111. The van der Waals surface area contributed by atoms with Crippen molar-refractivity contribution in [1.82, 2.24) is 0 Å². The van der Waals surface area contributed by atoms with E-state index in [1.165, 1.54) is 35.4 Å². The van der Waals surface area contributed by atoms with Crippen LogP contribution in [0.25, 0.3) is 0 Å². The highest BCUT2D eigenvalue weighted by Gasteiger charge is 2.28. The first-order chi connectivity index (χ1) is 12.8. The number of benzene rings is 1. The molecule has 2 rings (SSSR count). The topological polar surface area (TPSA) is 130 Å². The van der Waals surface area contributed by atoms with Crippen LogP contribution in [0.4, 0.5) is 5.69 Å². The van der Waals surface area contributed by atoms with Crippen LogP contribution in [0.5, 0.6) is 0 Å². The molecule has 1 heterocycles. The molecule has 0 saturated carbocycles. The van der Waals surface area contributed by atoms with Crippen LogP contribution in [0.2, 0.25) is 0 Å². The van der Waals surface area contributed by atoms with Crippen LogP contribution in [0.15, 0.2) is 53.9 Å². The summed E-state index contributed by atoms with van der Waals surface area (Å²) in [4.78, 5) is 48.3. The van der Waals surface area contributed by atoms with Crippen molar-refractivity contribution < 1.29 is 38.9 Å². The average Bonchev–Trinajstić information content (AvgIpc) is 2.88. The first-order valence-corrected chi connectivity index (χ1v) is 7.47. The van der Waals surface area contributed by atoms with Crippen LogP contribution in [0, 0.1) is 0 Å². The molecule has 0 bridgehead atoms. The Morgan fingerprint density at radius 1 is 0.889 bits per heavy atom. The van der Waals surface area contributed by atoms with Gasteiger partial charge in [-0.05, 0) is 30.4 Å². The van der Waals surface area contributed by atoms with E-state index in [9.17, 15) is 24.3 Å². The number of methoxy groups -OCH3 is 2. The Morgan fingerprint density at radius 2 is 1.52 bits per heavy atom. The third kappa shape index (κ3) is 3.87. The van der Waals surface area contributed by atoms with Crippen molar-refractivity contribution in [2.75, 3.05) is 19.1 Å². The van der Waals surface area contributed by atoms with Crippen LogP contribution < -0.4 is 4.90 Å². The van der Waals surface area contributed by atoms with Crippen LogP contribution >= 0.6 is 0 Å². The number of carboxylic acids is 2. The molecule has 27 heavy (non-hydrogen) atoms. The van der Waals surface area contributed by atoms with Crippen molar-refractivity contribution in [2.24, 2.45) is 0 Å². The molecule has 2 N–H and O–H groups in total. The number of carbonyl (C=O) groups is 4. The molecule has 1 aromatic rings. The van der Waals surface area contributed by atoms with Gasteiger partial charge in [-0.2, -0.15) is 0 Å². The van der Waals surface area contributed by atoms with Crippen molar-refractivity contribution >= 4 is 29.6 Å². The molecule has 0 aromatic heterocycles. The van der Waals surface area contributed by atoms with Crippen LogP contribution in [0.3, 0.4) is 0 Å². The molecular formula is C18H15NO8. The predicted molar refractivity (Wildman–Crippen MR) is 92.2 cm³/mol. The molecule has 9 heteroatoms. The SMILES string of the molecule is COC(=O)C1=C(C(=O)OC)N(c2ccc(C(=O)O)c(C(=O)O)c2)C=CC=C1. The van der Waals surface area contributed by atoms with E-state index in [1.54, 1.807) is 0 Å². The van der Waals surface area contributed by atoms with Crippen molar-refractivity contribution in [2.45, 2.75) is 0 Å². The maximum Gasteiger partial charge on any atom is 0.355 e. The van der Waals surface area contributed by atoms with E-state index in [0.717, 1.165) is 26.4 Å². The zero-order valence-corrected chi connectivity index (χ0v) is 14.3. The molecular weight excluding hydrogens is 358 g/mol. The van der Waals surface area contributed by atoms with Crippen LogP contribution in [0.1, 0.15) is 20.7 Å². The highest BCUT2D eigenvalue weighted by Crippen LogP contribution is 2.28. The molecule has 1 aromatic carbocycles. The Balaban J connectivity index is 2.72. The second-order valence-electron chi connectivity index (χ2n) is 5.16. The smallest absolute Gasteiger partial charge is 0.355 e. The number of carbonyl (C=O) groups excluding carboxylic acids is 2. The zero-order valence-electron chi connectivity index (χ0n) is 14.3. The zero-order chi connectivity index (χ0) is 20.1. The largest absolute Gasteiger partial charge is 0.478 e. The molecule has 0 amide bonds. The lowest BCUT2D eigenvalue weighted by Crippen LogP contribution is -2.27. The van der Waals surface area contributed by atoms with Crippen molar-refractivity contribution in [1.29, 1.82) is 0 Å². The number of carboxylic acid groups (broad SMARTS) is 2. The number of aromatic carboxylic acids is 2. The molecule has 0 saturated heterocycles. The van der Waals surface area contributed by atoms with Gasteiger partial charge in [-0.3, -0.25) is 0 Å². The summed E-state index contributed by atoms with van der Waals surface area (Å²) in [6.45, 7) is 0. The molecule has 0 atom stereocenters. The van der Waals surface area contributed by atoms with E-state index < -0.39 is 35.0 Å². The van der Waals surface area contributed by atoms with E-state index in [0.29, 0.717) is 0 Å². The van der Waals surface area contributed by atoms with Crippen molar-refractivity contribution in [3.05, 3.63) is 65.0 Å². The summed E-state index contributed by atoms with van der Waals surface area (Å²) < 4.78 is 9.42. The molecule has 9 nitrogen and oxygen atoms in total. The Hall–Kier alpha value is -3.88. The van der Waals surface area contributed by atoms with E-state index in [-0.39, 0.29) is 17.0 Å². The third-order valence-corrected chi connectivity index (χ3v) is 3.63. The van der Waals surface area contributed by atoms with Gasteiger partial charge in [0.05, 0.1) is 30.9 Å². The van der Waals surface area contributed by atoms with E-state index in [1.807, 2.05) is 0 Å². The lowest BCUT2D eigenvalue weighted by Gasteiger charge is -2.23. The van der Waals surface area contributed by atoms with Gasteiger partial charge < -0.3 is 24.6 Å². The van der Waals surface area contributed by atoms with Gasteiger partial charge in [0.1, 0.15) is 5.70 Å². The highest BCUT2D eigenvalue weighted by molar-refractivity contribution is 6.06. The summed E-state index contributed by atoms with van der Waals surface area (Å²) in [6.07, 6.45) is 5.74. The van der Waals surface area contributed by atoms with Crippen molar-refractivity contribution in [3.8, 4) is 0 Å². The van der Waals surface area contributed by atoms with Gasteiger partial charge in [-0.25, -0.2) is 19.2 Å². The number of rotatable bonds is 5. The van der Waals surface area contributed by atoms with Gasteiger partial charge in [-0.15, -0.1) is 0 Å². The van der Waals surface area contributed by atoms with Gasteiger partial charge in [0.15, 0.2) is 0 Å². The van der Waals surface area contributed by atoms with Crippen LogP contribution in [-0.2, 0) is 19.1 Å². The fourth-order valence-electron chi connectivity index (χ4n) is 2.41. The normalized spacial score (nSPS) is 13.2. The van der Waals surface area contributed by atoms with E-state index in [4.69, 9.17) is 9.84 Å². The molecule has 140 valence electrons. The Labute approximate surface area is 153 Å². The molecule has 1 aliphatic rings. The van der Waals surface area contributed by atoms with Gasteiger partial charge in [0.2, 0.25) is 0 Å². The minimum absolute atomic E-state index is 0.117. The summed E-state index contributed by atoms with van der Waals surface area (Å²) in [5.74, 6) is -4.54. The number of nitrogens with zero attached hydrogens (tertiary/aromatic N) is 1. The number of anilines is 1. The first-order valence-electron chi connectivity index (χ1n) is 7.47. The Bertz CT molecular complexity index is 910. The summed E-state index contributed by atoms with van der Waals surface area (Å²) in [5, 5.41) is 18.4.